The summed E-state index contributed by atoms with van der Waals surface area (Å²) < 4.78 is 41.1. The molecule has 9 amide bonds. The van der Waals surface area contributed by atoms with Crippen molar-refractivity contribution >= 4 is 71.7 Å². The van der Waals surface area contributed by atoms with Crippen molar-refractivity contribution < 1.29 is 66.3 Å². The topological polar surface area (TPSA) is 311 Å². The van der Waals surface area contributed by atoms with Crippen LogP contribution in [0.1, 0.15) is 132 Å². The molecule has 3 saturated heterocycles. The molecule has 0 aliphatic carbocycles. The number of amides is 9. The number of primary amides is 1. The number of rotatable bonds is 19. The zero-order valence-electron chi connectivity index (χ0n) is 45.0. The molecular weight excluding hydrogens is 1100 g/mol. The number of aromatic nitrogens is 1. The summed E-state index contributed by atoms with van der Waals surface area (Å²) >= 11 is 0. The van der Waals surface area contributed by atoms with Crippen molar-refractivity contribution in [2.24, 2.45) is 5.73 Å². The van der Waals surface area contributed by atoms with E-state index in [2.05, 4.69) is 38.1 Å². The predicted octanol–water partition coefficient (Wildman–Crippen LogP) is 4.50. The summed E-state index contributed by atoms with van der Waals surface area (Å²) in [7, 11) is -5.93. The first-order chi connectivity index (χ1) is 39.7. The van der Waals surface area contributed by atoms with Gasteiger partial charge in [0.25, 0.3) is 11.8 Å². The number of alkyl halides is 2. The Balaban J connectivity index is 0.878. The van der Waals surface area contributed by atoms with Crippen molar-refractivity contribution in [3.8, 4) is 11.8 Å². The molecule has 434 valence electrons. The van der Waals surface area contributed by atoms with Gasteiger partial charge in [-0.05, 0) is 98.0 Å². The van der Waals surface area contributed by atoms with Crippen LogP contribution in [-0.4, -0.2) is 126 Å². The van der Waals surface area contributed by atoms with Gasteiger partial charge in [0.1, 0.15) is 29.9 Å². The molecule has 0 spiro atoms. The number of hydrogen-bond acceptors (Lipinski definition) is 10. The molecule has 4 aromatic carbocycles. The number of H-pyrrole nitrogens is 1. The van der Waals surface area contributed by atoms with Gasteiger partial charge < -0.3 is 51.2 Å². The molecule has 5 unspecified atom stereocenters. The van der Waals surface area contributed by atoms with Crippen LogP contribution < -0.4 is 27.0 Å². The maximum Gasteiger partial charge on any atom is 0.399 e. The molecule has 5 aromatic rings. The minimum Gasteiger partial charge on any atom is -0.370 e. The summed E-state index contributed by atoms with van der Waals surface area (Å²) in [6, 6.07) is 21.5. The van der Waals surface area contributed by atoms with Gasteiger partial charge in [0.15, 0.2) is 0 Å². The summed E-state index contributed by atoms with van der Waals surface area (Å²) in [5, 5.41) is 10.8. The number of fused-ring (bicyclic) bond motifs is 3. The van der Waals surface area contributed by atoms with E-state index in [0.717, 1.165) is 34.9 Å². The van der Waals surface area contributed by atoms with E-state index in [-0.39, 0.29) is 98.9 Å². The molecule has 0 bridgehead atoms. The number of nitrogens with two attached hydrogens (primary N) is 1. The highest BCUT2D eigenvalue weighted by Crippen LogP contribution is 2.59. The van der Waals surface area contributed by atoms with Crippen molar-refractivity contribution in [3.05, 3.63) is 142 Å². The molecular formula is C59H62F2N9O12P. The van der Waals surface area contributed by atoms with Crippen molar-refractivity contribution in [3.63, 3.8) is 0 Å². The predicted molar refractivity (Wildman–Crippen MR) is 296 cm³/mol. The van der Waals surface area contributed by atoms with Gasteiger partial charge in [-0.3, -0.25) is 53.0 Å². The molecule has 4 aliphatic heterocycles. The first-order valence-corrected chi connectivity index (χ1v) is 29.0. The number of imide groups is 1. The Morgan fingerprint density at radius 2 is 1.55 bits per heavy atom. The number of unbranched alkanes of at least 4 members (excludes halogenated alkanes) is 3. The summed E-state index contributed by atoms with van der Waals surface area (Å²) in [4.78, 5) is 147. The molecule has 5 heterocycles. The molecule has 3 fully saturated rings. The second-order valence-electron chi connectivity index (χ2n) is 21.2. The van der Waals surface area contributed by atoms with Crippen molar-refractivity contribution in [1.82, 2.24) is 41.0 Å². The first kappa shape index (κ1) is 59.1. The van der Waals surface area contributed by atoms with Crippen LogP contribution in [0.25, 0.3) is 10.9 Å². The maximum atomic E-state index is 15.0. The molecule has 4 aliphatic rings. The van der Waals surface area contributed by atoms with Crippen LogP contribution in [0.2, 0.25) is 0 Å². The lowest BCUT2D eigenvalue weighted by Gasteiger charge is -2.39. The average molecular weight is 1160 g/mol. The van der Waals surface area contributed by atoms with E-state index in [0.29, 0.717) is 43.2 Å². The highest BCUT2D eigenvalue weighted by Gasteiger charge is 2.51. The second kappa shape index (κ2) is 25.3. The minimum atomic E-state index is -5.93. The summed E-state index contributed by atoms with van der Waals surface area (Å²) in [5.74, 6) is 1.16. The SMILES string of the molecule is NC(=O)CCC(NC(=O)C1CCC2CCN(C(=O)CCCCCC#Cc3ccc4c(c3)CN(C3CCC(=O)NC3=O)C4=O)CC(NC(=O)c3cc4cc(C(F)(F)P(=O)(O)O)ccc4[nH]3)C(=O)N21)C(=O)NC(c1ccccc1)c1ccccc1. The van der Waals surface area contributed by atoms with Gasteiger partial charge in [0, 0.05) is 79.0 Å². The normalized spacial score (nSPS) is 19.5. The number of piperidine rings is 1. The van der Waals surface area contributed by atoms with E-state index in [4.69, 9.17) is 5.73 Å². The quantitative estimate of drug-likeness (QED) is 0.0245. The monoisotopic (exact) mass is 1160 g/mol. The Morgan fingerprint density at radius 3 is 2.24 bits per heavy atom. The number of hydrogen-bond donors (Lipinski definition) is 8. The zero-order valence-corrected chi connectivity index (χ0v) is 45.9. The highest BCUT2D eigenvalue weighted by atomic mass is 31.2. The Kier molecular flexibility index (Phi) is 18.0. The Morgan fingerprint density at radius 1 is 0.831 bits per heavy atom. The third kappa shape index (κ3) is 13.5. The maximum absolute atomic E-state index is 15.0. The zero-order chi connectivity index (χ0) is 59.2. The van der Waals surface area contributed by atoms with Crippen LogP contribution in [0.4, 0.5) is 8.78 Å². The lowest BCUT2D eigenvalue weighted by Crippen LogP contribution is -2.62. The summed E-state index contributed by atoms with van der Waals surface area (Å²) in [6.07, 6.45) is 2.95. The summed E-state index contributed by atoms with van der Waals surface area (Å²) in [6.45, 7) is 0.0213. The molecule has 0 radical (unpaired) electrons. The van der Waals surface area contributed by atoms with Gasteiger partial charge in [-0.2, -0.15) is 8.78 Å². The minimum absolute atomic E-state index is 0.00121. The Hall–Kier alpha value is -8.58. The smallest absolute Gasteiger partial charge is 0.370 e. The van der Waals surface area contributed by atoms with Crippen LogP contribution in [0.5, 0.6) is 0 Å². The Labute approximate surface area is 475 Å². The standard InChI is InChI=1S/C59H62F2N9O12P/c60-59(61,83(80,81)82)40-19-22-43-38(31-40)32-45(63-43)54(75)65-46-34-68(51(73)17-11-3-1-2-6-12-35-18-21-42-39(30-35)33-69(57(42)78)47-25-27-50(72)66-55(47)76)29-28-41-20-24-48(70(41)58(46)79)56(77)64-44(23-26-49(62)71)53(74)67-52(36-13-7-4-8-14-36)37-15-9-5-10-16-37/h4-5,7-10,13-16,18-19,21-22,30-32,41,44,46-48,52,63H,1-3,11,17,20,23-29,33-34H2,(H2,62,71)(H,64,77)(H,65,75)(H,67,74)(H,66,72,76)(H2,80,81,82). The third-order valence-corrected chi connectivity index (χ3v) is 16.5. The molecule has 24 heteroatoms. The van der Waals surface area contributed by atoms with Crippen molar-refractivity contribution in [2.75, 3.05) is 13.1 Å². The van der Waals surface area contributed by atoms with Crippen LogP contribution in [0.15, 0.2) is 103 Å². The van der Waals surface area contributed by atoms with Gasteiger partial charge in [-0.1, -0.05) is 85.0 Å². The van der Waals surface area contributed by atoms with Gasteiger partial charge in [-0.15, -0.1) is 0 Å². The first-order valence-electron chi connectivity index (χ1n) is 27.4. The van der Waals surface area contributed by atoms with E-state index >= 15 is 4.79 Å². The van der Waals surface area contributed by atoms with Crippen LogP contribution in [0, 0.1) is 11.8 Å². The van der Waals surface area contributed by atoms with E-state index in [1.165, 1.54) is 20.8 Å². The Bertz CT molecular complexity index is 3430. The molecule has 83 heavy (non-hydrogen) atoms. The van der Waals surface area contributed by atoms with Gasteiger partial charge in [0.05, 0.1) is 6.04 Å². The van der Waals surface area contributed by atoms with E-state index < -0.39 is 90.5 Å². The molecule has 9 rings (SSSR count). The molecule has 0 saturated carbocycles. The van der Waals surface area contributed by atoms with Crippen molar-refractivity contribution in [1.29, 1.82) is 0 Å². The second-order valence-corrected chi connectivity index (χ2v) is 22.8. The molecule has 1 aromatic heterocycles. The third-order valence-electron chi connectivity index (χ3n) is 15.5. The molecule has 21 nitrogen and oxygen atoms in total. The lowest BCUT2D eigenvalue weighted by atomic mass is 9.98. The fourth-order valence-electron chi connectivity index (χ4n) is 11.2. The van der Waals surface area contributed by atoms with Gasteiger partial charge >= 0.3 is 13.3 Å². The fourth-order valence-corrected chi connectivity index (χ4v) is 11.6. The van der Waals surface area contributed by atoms with Gasteiger partial charge in [0.2, 0.25) is 41.4 Å². The lowest BCUT2D eigenvalue weighted by molar-refractivity contribution is -0.145. The van der Waals surface area contributed by atoms with Crippen LogP contribution in [0.3, 0.4) is 0 Å². The van der Waals surface area contributed by atoms with E-state index in [9.17, 15) is 61.5 Å². The van der Waals surface area contributed by atoms with Gasteiger partial charge in [-0.25, -0.2) is 0 Å². The average Bonchev–Trinajstić information content (AvgIpc) is 4.42. The van der Waals surface area contributed by atoms with Crippen LogP contribution in [-0.2, 0) is 50.3 Å². The van der Waals surface area contributed by atoms with E-state index in [1.807, 2.05) is 66.7 Å². The number of carbonyl (C=O) groups excluding carboxylic acids is 9. The number of aromatic amines is 1. The molecule has 5 atom stereocenters. The molecule has 9 N–H and O–H groups in total. The van der Waals surface area contributed by atoms with Crippen molar-refractivity contribution in [2.45, 2.75) is 126 Å². The number of carbonyl (C=O) groups is 9. The van der Waals surface area contributed by atoms with E-state index in [1.54, 1.807) is 12.1 Å². The number of nitrogens with zero attached hydrogens (tertiary/aromatic N) is 3. The summed E-state index contributed by atoms with van der Waals surface area (Å²) in [5.41, 5.74) is 3.32. The number of halogens is 2. The van der Waals surface area contributed by atoms with Crippen LogP contribution >= 0.6 is 7.60 Å². The largest absolute Gasteiger partial charge is 0.399 e. The number of nitrogens with one attached hydrogen (secondary N) is 5. The number of benzene rings is 4. The fraction of sp³-hybridized carbons (Fsp3) is 0.373. The highest BCUT2D eigenvalue weighted by molar-refractivity contribution is 7.52.